The number of para-hydroxylation sites is 1. The van der Waals surface area contributed by atoms with Gasteiger partial charge in [-0.15, -0.1) is 11.3 Å². The Morgan fingerprint density at radius 1 is 1.26 bits per heavy atom. The Bertz CT molecular complexity index is 662. The van der Waals surface area contributed by atoms with Crippen LogP contribution in [0, 0.1) is 0 Å². The van der Waals surface area contributed by atoms with Crippen LogP contribution in [0.15, 0.2) is 29.6 Å². The first-order chi connectivity index (χ1) is 11.2. The predicted molar refractivity (Wildman–Crippen MR) is 94.8 cm³/mol. The van der Waals surface area contributed by atoms with Crippen LogP contribution in [0.4, 0.5) is 5.69 Å². The molecule has 0 saturated heterocycles. The highest BCUT2D eigenvalue weighted by Crippen LogP contribution is 2.33. The van der Waals surface area contributed by atoms with Gasteiger partial charge in [-0.2, -0.15) is 0 Å². The Balaban J connectivity index is 1.50. The SMILES string of the molecule is Nc1ccccc1C(=O)NCCc1nc(C2CCCCC2)cs1. The summed E-state index contributed by atoms with van der Waals surface area (Å²) in [6.07, 6.45) is 7.33. The van der Waals surface area contributed by atoms with Gasteiger partial charge in [-0.05, 0) is 25.0 Å². The number of hydrogen-bond donors (Lipinski definition) is 2. The maximum Gasteiger partial charge on any atom is 0.253 e. The van der Waals surface area contributed by atoms with E-state index in [4.69, 9.17) is 10.7 Å². The summed E-state index contributed by atoms with van der Waals surface area (Å²) in [4.78, 5) is 16.9. The molecule has 1 heterocycles. The number of amides is 1. The van der Waals surface area contributed by atoms with E-state index in [0.29, 0.717) is 23.7 Å². The largest absolute Gasteiger partial charge is 0.398 e. The Morgan fingerprint density at radius 2 is 2.04 bits per heavy atom. The lowest BCUT2D eigenvalue weighted by molar-refractivity contribution is 0.0955. The van der Waals surface area contributed by atoms with Crippen molar-refractivity contribution in [3.05, 3.63) is 45.9 Å². The molecule has 1 aromatic heterocycles. The molecule has 1 fully saturated rings. The summed E-state index contributed by atoms with van der Waals surface area (Å²) in [7, 11) is 0. The topological polar surface area (TPSA) is 68.0 Å². The number of nitrogens with zero attached hydrogens (tertiary/aromatic N) is 1. The smallest absolute Gasteiger partial charge is 0.253 e. The van der Waals surface area contributed by atoms with Crippen molar-refractivity contribution in [2.75, 3.05) is 12.3 Å². The minimum Gasteiger partial charge on any atom is -0.398 e. The van der Waals surface area contributed by atoms with Gasteiger partial charge >= 0.3 is 0 Å². The van der Waals surface area contributed by atoms with Crippen LogP contribution in [0.2, 0.25) is 0 Å². The lowest BCUT2D eigenvalue weighted by atomic mass is 9.87. The van der Waals surface area contributed by atoms with E-state index in [1.165, 1.54) is 37.8 Å². The molecular formula is C18H23N3OS. The van der Waals surface area contributed by atoms with E-state index in [9.17, 15) is 4.79 Å². The molecule has 3 rings (SSSR count). The zero-order chi connectivity index (χ0) is 16.1. The lowest BCUT2D eigenvalue weighted by Gasteiger charge is -2.19. The van der Waals surface area contributed by atoms with Crippen molar-refractivity contribution in [2.24, 2.45) is 0 Å². The number of nitrogens with one attached hydrogen (secondary N) is 1. The van der Waals surface area contributed by atoms with Crippen molar-refractivity contribution >= 4 is 22.9 Å². The van der Waals surface area contributed by atoms with Gasteiger partial charge in [0, 0.05) is 30.0 Å². The Kier molecular flexibility index (Phi) is 5.28. The number of carbonyl (C=O) groups excluding carboxylic acids is 1. The summed E-state index contributed by atoms with van der Waals surface area (Å²) in [5.41, 5.74) is 8.12. The molecule has 23 heavy (non-hydrogen) atoms. The minimum absolute atomic E-state index is 0.118. The molecule has 0 atom stereocenters. The molecule has 122 valence electrons. The van der Waals surface area contributed by atoms with Crippen LogP contribution in [0.3, 0.4) is 0 Å². The summed E-state index contributed by atoms with van der Waals surface area (Å²) >= 11 is 1.71. The van der Waals surface area contributed by atoms with Crippen molar-refractivity contribution in [1.82, 2.24) is 10.3 Å². The van der Waals surface area contributed by atoms with Gasteiger partial charge in [0.1, 0.15) is 0 Å². The van der Waals surface area contributed by atoms with E-state index >= 15 is 0 Å². The highest BCUT2D eigenvalue weighted by atomic mass is 32.1. The molecule has 0 radical (unpaired) electrons. The first-order valence-corrected chi connectivity index (χ1v) is 9.19. The molecule has 4 nitrogen and oxygen atoms in total. The van der Waals surface area contributed by atoms with E-state index in [0.717, 1.165) is 11.4 Å². The molecule has 0 bridgehead atoms. The standard InChI is InChI=1S/C18H23N3OS/c19-15-9-5-4-8-14(15)18(22)20-11-10-17-21-16(12-23-17)13-6-2-1-3-7-13/h4-5,8-9,12-13H,1-3,6-7,10-11,19H2,(H,20,22). The zero-order valence-electron chi connectivity index (χ0n) is 13.3. The molecule has 0 unspecified atom stereocenters. The van der Waals surface area contributed by atoms with E-state index in [-0.39, 0.29) is 5.91 Å². The van der Waals surface area contributed by atoms with E-state index in [1.54, 1.807) is 23.5 Å². The van der Waals surface area contributed by atoms with Crippen LogP contribution >= 0.6 is 11.3 Å². The summed E-state index contributed by atoms with van der Waals surface area (Å²) < 4.78 is 0. The fourth-order valence-corrected chi connectivity index (χ4v) is 3.99. The molecular weight excluding hydrogens is 306 g/mol. The zero-order valence-corrected chi connectivity index (χ0v) is 14.1. The number of thiazole rings is 1. The van der Waals surface area contributed by atoms with Gasteiger partial charge in [0.25, 0.3) is 5.91 Å². The summed E-state index contributed by atoms with van der Waals surface area (Å²) in [5.74, 6) is 0.527. The van der Waals surface area contributed by atoms with Crippen LogP contribution < -0.4 is 11.1 Å². The summed E-state index contributed by atoms with van der Waals surface area (Å²) in [6.45, 7) is 0.588. The Labute approximate surface area is 141 Å². The van der Waals surface area contributed by atoms with E-state index in [1.807, 2.05) is 12.1 Å². The quantitative estimate of drug-likeness (QED) is 0.821. The van der Waals surface area contributed by atoms with Gasteiger partial charge in [-0.3, -0.25) is 4.79 Å². The van der Waals surface area contributed by atoms with Crippen LogP contribution in [0.1, 0.15) is 59.1 Å². The molecule has 0 aliphatic heterocycles. The van der Waals surface area contributed by atoms with Gasteiger partial charge in [0.05, 0.1) is 16.3 Å². The third-order valence-electron chi connectivity index (χ3n) is 4.42. The first kappa shape index (κ1) is 16.0. The fraction of sp³-hybridized carbons (Fsp3) is 0.444. The van der Waals surface area contributed by atoms with Gasteiger partial charge in [-0.1, -0.05) is 31.4 Å². The van der Waals surface area contributed by atoms with Crippen molar-refractivity contribution in [1.29, 1.82) is 0 Å². The molecule has 1 amide bonds. The number of anilines is 1. The fourth-order valence-electron chi connectivity index (χ4n) is 3.11. The van der Waals surface area contributed by atoms with Gasteiger partial charge in [-0.25, -0.2) is 4.98 Å². The molecule has 3 N–H and O–H groups in total. The van der Waals surface area contributed by atoms with Crippen molar-refractivity contribution in [3.8, 4) is 0 Å². The molecule has 1 aliphatic rings. The number of hydrogen-bond acceptors (Lipinski definition) is 4. The highest BCUT2D eigenvalue weighted by Gasteiger charge is 2.18. The van der Waals surface area contributed by atoms with E-state index in [2.05, 4.69) is 10.7 Å². The number of benzene rings is 1. The number of nitrogen functional groups attached to an aromatic ring is 1. The normalized spacial score (nSPS) is 15.5. The van der Waals surface area contributed by atoms with Crippen molar-refractivity contribution in [3.63, 3.8) is 0 Å². The lowest BCUT2D eigenvalue weighted by Crippen LogP contribution is -2.26. The maximum absolute atomic E-state index is 12.1. The highest BCUT2D eigenvalue weighted by molar-refractivity contribution is 7.09. The number of carbonyl (C=O) groups is 1. The predicted octanol–water partition coefficient (Wildman–Crippen LogP) is 3.75. The van der Waals surface area contributed by atoms with Gasteiger partial charge < -0.3 is 11.1 Å². The molecule has 1 aromatic carbocycles. The molecule has 5 heteroatoms. The number of aromatic nitrogens is 1. The molecule has 2 aromatic rings. The number of rotatable bonds is 5. The third kappa shape index (κ3) is 4.10. The van der Waals surface area contributed by atoms with Gasteiger partial charge in [0.15, 0.2) is 0 Å². The maximum atomic E-state index is 12.1. The Hall–Kier alpha value is -1.88. The van der Waals surface area contributed by atoms with Crippen molar-refractivity contribution < 1.29 is 4.79 Å². The second kappa shape index (κ2) is 7.59. The van der Waals surface area contributed by atoms with Crippen LogP contribution in [0.5, 0.6) is 0 Å². The van der Waals surface area contributed by atoms with Crippen LogP contribution in [-0.4, -0.2) is 17.4 Å². The Morgan fingerprint density at radius 3 is 2.83 bits per heavy atom. The molecule has 1 aliphatic carbocycles. The third-order valence-corrected chi connectivity index (χ3v) is 5.35. The number of nitrogens with two attached hydrogens (primary N) is 1. The molecule has 1 saturated carbocycles. The van der Waals surface area contributed by atoms with Gasteiger partial charge in [0.2, 0.25) is 0 Å². The first-order valence-electron chi connectivity index (χ1n) is 8.31. The summed E-state index contributed by atoms with van der Waals surface area (Å²) in [5, 5.41) is 6.23. The average molecular weight is 329 g/mol. The van der Waals surface area contributed by atoms with Crippen LogP contribution in [-0.2, 0) is 6.42 Å². The second-order valence-electron chi connectivity index (χ2n) is 6.09. The van der Waals surface area contributed by atoms with E-state index < -0.39 is 0 Å². The summed E-state index contributed by atoms with van der Waals surface area (Å²) in [6, 6.07) is 7.14. The second-order valence-corrected chi connectivity index (χ2v) is 7.04. The van der Waals surface area contributed by atoms with Crippen LogP contribution in [0.25, 0.3) is 0 Å². The van der Waals surface area contributed by atoms with Crippen molar-refractivity contribution in [2.45, 2.75) is 44.4 Å². The minimum atomic E-state index is -0.118. The molecule has 0 spiro atoms. The average Bonchev–Trinajstić information content (AvgIpc) is 3.05. The monoisotopic (exact) mass is 329 g/mol.